The monoisotopic (exact) mass is 584 g/mol. The number of thiocarbonyl (C=S) groups is 1. The van der Waals surface area contributed by atoms with Crippen LogP contribution in [0.2, 0.25) is 0 Å². The summed E-state index contributed by atoms with van der Waals surface area (Å²) < 4.78 is 47.4. The number of rotatable bonds is 6. The van der Waals surface area contributed by atoms with E-state index in [1.165, 1.54) is 11.6 Å². The van der Waals surface area contributed by atoms with Crippen LogP contribution < -0.4 is 4.90 Å². The second-order valence-electron chi connectivity index (χ2n) is 10.8. The molecule has 4 aliphatic rings. The Kier molecular flexibility index (Phi) is 8.08. The second kappa shape index (κ2) is 11.4. The van der Waals surface area contributed by atoms with Crippen molar-refractivity contribution in [3.05, 3.63) is 70.9 Å². The third kappa shape index (κ3) is 5.43. The van der Waals surface area contributed by atoms with E-state index in [0.29, 0.717) is 25.0 Å². The molecular weight excluding hydrogens is 553 g/mol. The normalized spacial score (nSPS) is 24.2. The molecule has 1 amide bonds. The third-order valence-electron chi connectivity index (χ3n) is 8.26. The van der Waals surface area contributed by atoms with Gasteiger partial charge < -0.3 is 14.7 Å². The van der Waals surface area contributed by atoms with E-state index >= 15 is 0 Å². The summed E-state index contributed by atoms with van der Waals surface area (Å²) in [6.07, 6.45) is 12.1. The highest BCUT2D eigenvalue weighted by molar-refractivity contribution is 7.80. The largest absolute Gasteiger partial charge is 0.494 e. The summed E-state index contributed by atoms with van der Waals surface area (Å²) in [5.74, 6) is 0.341. The van der Waals surface area contributed by atoms with E-state index in [9.17, 15) is 23.1 Å². The van der Waals surface area contributed by atoms with Gasteiger partial charge in [-0.1, -0.05) is 24.6 Å². The number of halogens is 3. The number of aliphatic hydroxyl groups is 1. The molecule has 0 bridgehead atoms. The summed E-state index contributed by atoms with van der Waals surface area (Å²) in [5, 5.41) is 18.5. The number of anilines is 1. The Morgan fingerprint density at radius 3 is 2.73 bits per heavy atom. The van der Waals surface area contributed by atoms with Crippen molar-refractivity contribution < 1.29 is 27.8 Å². The molecule has 1 aliphatic heterocycles. The molecule has 1 aromatic heterocycles. The molecule has 2 unspecified atom stereocenters. The van der Waals surface area contributed by atoms with Crippen molar-refractivity contribution in [1.29, 1.82) is 5.26 Å². The van der Waals surface area contributed by atoms with Crippen LogP contribution in [0, 0.1) is 17.2 Å². The van der Waals surface area contributed by atoms with Gasteiger partial charge in [-0.2, -0.15) is 18.4 Å². The van der Waals surface area contributed by atoms with E-state index in [4.69, 9.17) is 22.2 Å². The van der Waals surface area contributed by atoms with Gasteiger partial charge >= 0.3 is 6.18 Å². The molecule has 7 nitrogen and oxygen atoms in total. The molecule has 0 radical (unpaired) electrons. The van der Waals surface area contributed by atoms with Gasteiger partial charge in [0.2, 0.25) is 0 Å². The zero-order chi connectivity index (χ0) is 29.4. The molecule has 1 saturated heterocycles. The van der Waals surface area contributed by atoms with Gasteiger partial charge in [0, 0.05) is 18.2 Å². The van der Waals surface area contributed by atoms with Crippen LogP contribution in [0.1, 0.15) is 69.5 Å². The summed E-state index contributed by atoms with van der Waals surface area (Å²) in [4.78, 5) is 20.3. The quantitative estimate of drug-likeness (QED) is 0.321. The van der Waals surface area contributed by atoms with Crippen molar-refractivity contribution in [1.82, 2.24) is 9.88 Å². The number of aliphatic hydroxyl groups excluding tert-OH is 1. The van der Waals surface area contributed by atoms with Crippen LogP contribution in [-0.4, -0.2) is 44.3 Å². The van der Waals surface area contributed by atoms with Crippen LogP contribution in [0.3, 0.4) is 0 Å². The molecule has 3 aliphatic carbocycles. The number of aromatic nitrogens is 1. The van der Waals surface area contributed by atoms with Crippen molar-refractivity contribution in [3.63, 3.8) is 0 Å². The van der Waals surface area contributed by atoms with Crippen LogP contribution in [0.15, 0.2) is 59.7 Å². The van der Waals surface area contributed by atoms with Gasteiger partial charge in [0.1, 0.15) is 17.4 Å². The molecule has 1 spiro atoms. The van der Waals surface area contributed by atoms with Gasteiger partial charge in [-0.15, -0.1) is 0 Å². The standard InChI is InChI=1S/C30H31F3N4O3S/c1-19-6-8-21(9-11-26(19)40-23-5-2-4-20(7-10-23)12-15-38)37-28(41)36(27(39)29(37)13-3-14-29)22-16-24(30(31,32)33)25(17-34)35-18-22/h4,6,8-9,11,16,18-19,23,38H,2-3,5,7,10,12-15H2,1H3. The van der Waals surface area contributed by atoms with E-state index in [-0.39, 0.29) is 29.4 Å². The fourth-order valence-corrected chi connectivity index (χ4v) is 6.31. The number of amides is 1. The smallest absolute Gasteiger partial charge is 0.419 e. The van der Waals surface area contributed by atoms with Gasteiger partial charge in [0.05, 0.1) is 23.6 Å². The fourth-order valence-electron chi connectivity index (χ4n) is 5.84. The topological polar surface area (TPSA) is 89.7 Å². The summed E-state index contributed by atoms with van der Waals surface area (Å²) in [6, 6.07) is 2.24. The Morgan fingerprint density at radius 1 is 1.29 bits per heavy atom. The van der Waals surface area contributed by atoms with E-state index in [1.807, 2.05) is 31.2 Å². The summed E-state index contributed by atoms with van der Waals surface area (Å²) in [6.45, 7) is 2.16. The number of carbonyl (C=O) groups is 1. The lowest BCUT2D eigenvalue weighted by atomic mass is 9.75. The zero-order valence-electron chi connectivity index (χ0n) is 22.7. The highest BCUT2D eigenvalue weighted by Crippen LogP contribution is 2.48. The molecule has 5 rings (SSSR count). The highest BCUT2D eigenvalue weighted by Gasteiger charge is 2.60. The Morgan fingerprint density at radius 2 is 2.07 bits per heavy atom. The molecular formula is C30H31F3N4O3S. The van der Waals surface area contributed by atoms with Gasteiger partial charge in [0.25, 0.3) is 5.91 Å². The first-order chi connectivity index (χ1) is 19.6. The SMILES string of the molecule is CC1C=CC(N2C(=S)N(c3cnc(C#N)c(C(F)(F)F)c3)C(=O)C23CCC3)=CC=C1OC1CCC=C(CCO)CC1. The van der Waals surface area contributed by atoms with Crippen LogP contribution in [-0.2, 0) is 15.7 Å². The lowest BCUT2D eigenvalue weighted by Gasteiger charge is -2.43. The Balaban J connectivity index is 1.42. The molecule has 2 atom stereocenters. The van der Waals surface area contributed by atoms with Crippen molar-refractivity contribution in [3.8, 4) is 6.07 Å². The minimum Gasteiger partial charge on any atom is -0.494 e. The molecule has 1 aromatic rings. The number of hydrogen-bond donors (Lipinski definition) is 1. The second-order valence-corrected chi connectivity index (χ2v) is 11.2. The molecule has 216 valence electrons. The number of hydrogen-bond acceptors (Lipinski definition) is 6. The van der Waals surface area contributed by atoms with Crippen molar-refractivity contribution in [2.75, 3.05) is 11.5 Å². The lowest BCUT2D eigenvalue weighted by molar-refractivity contribution is -0.138. The lowest BCUT2D eigenvalue weighted by Crippen LogP contribution is -2.54. The first kappa shape index (κ1) is 29.0. The molecule has 41 heavy (non-hydrogen) atoms. The fraction of sp³-hybridized carbons (Fsp3) is 0.467. The van der Waals surface area contributed by atoms with Gasteiger partial charge in [0.15, 0.2) is 10.8 Å². The summed E-state index contributed by atoms with van der Waals surface area (Å²) in [7, 11) is 0. The van der Waals surface area contributed by atoms with Gasteiger partial charge in [-0.05, 0) is 87.9 Å². The van der Waals surface area contributed by atoms with E-state index in [1.54, 1.807) is 4.90 Å². The van der Waals surface area contributed by atoms with Gasteiger partial charge in [-0.25, -0.2) is 4.98 Å². The number of nitriles is 1. The van der Waals surface area contributed by atoms with E-state index in [2.05, 4.69) is 11.1 Å². The Bertz CT molecular complexity index is 1400. The maximum absolute atomic E-state index is 13.8. The van der Waals surface area contributed by atoms with Crippen LogP contribution >= 0.6 is 12.2 Å². The number of ether oxygens (including phenoxy) is 1. The minimum absolute atomic E-state index is 0.0362. The zero-order valence-corrected chi connectivity index (χ0v) is 23.5. The number of allylic oxidation sites excluding steroid dienone is 5. The average Bonchev–Trinajstić information content (AvgIpc) is 3.08. The average molecular weight is 585 g/mol. The first-order valence-corrected chi connectivity index (χ1v) is 14.2. The molecule has 1 N–H and O–H groups in total. The van der Waals surface area contributed by atoms with E-state index < -0.39 is 28.9 Å². The van der Waals surface area contributed by atoms with Crippen molar-refractivity contribution in [2.45, 2.75) is 76.1 Å². The van der Waals surface area contributed by atoms with Crippen molar-refractivity contribution >= 4 is 28.9 Å². The third-order valence-corrected chi connectivity index (χ3v) is 8.63. The first-order valence-electron chi connectivity index (χ1n) is 13.8. The Hall–Kier alpha value is -3.49. The molecule has 11 heteroatoms. The number of alkyl halides is 3. The summed E-state index contributed by atoms with van der Waals surface area (Å²) in [5.41, 5.74) is -1.17. The number of nitrogens with zero attached hydrogens (tertiary/aromatic N) is 4. The highest BCUT2D eigenvalue weighted by atomic mass is 32.1. The Labute approximate surface area is 242 Å². The van der Waals surface area contributed by atoms with Gasteiger partial charge in [-0.3, -0.25) is 9.69 Å². The molecule has 0 aromatic carbocycles. The van der Waals surface area contributed by atoms with Crippen LogP contribution in [0.4, 0.5) is 18.9 Å². The maximum atomic E-state index is 13.8. The summed E-state index contributed by atoms with van der Waals surface area (Å²) >= 11 is 5.74. The minimum atomic E-state index is -4.82. The van der Waals surface area contributed by atoms with Crippen LogP contribution in [0.25, 0.3) is 0 Å². The predicted octanol–water partition coefficient (Wildman–Crippen LogP) is 6.07. The molecule has 2 heterocycles. The number of carbonyl (C=O) groups excluding carboxylic acids is 1. The number of pyridine rings is 1. The molecule has 2 fully saturated rings. The maximum Gasteiger partial charge on any atom is 0.419 e. The van der Waals surface area contributed by atoms with Crippen LogP contribution in [0.5, 0.6) is 0 Å². The predicted molar refractivity (Wildman–Crippen MR) is 150 cm³/mol. The van der Waals surface area contributed by atoms with E-state index in [0.717, 1.165) is 55.0 Å². The van der Waals surface area contributed by atoms with Crippen molar-refractivity contribution in [2.24, 2.45) is 5.92 Å². The molecule has 1 saturated carbocycles.